The van der Waals surface area contributed by atoms with Crippen molar-refractivity contribution < 1.29 is 25.8 Å². The van der Waals surface area contributed by atoms with E-state index in [4.69, 9.17) is 25.8 Å². The Morgan fingerprint density at radius 2 is 2.19 bits per heavy atom. The van der Waals surface area contributed by atoms with Crippen molar-refractivity contribution in [1.82, 2.24) is 4.98 Å². The zero-order valence-electron chi connectivity index (χ0n) is 24.3. The molecule has 0 bridgehead atoms. The molecule has 0 spiro atoms. The van der Waals surface area contributed by atoms with Crippen LogP contribution in [0.25, 0.3) is 0 Å². The van der Waals surface area contributed by atoms with Crippen molar-refractivity contribution in [3.63, 3.8) is 0 Å². The Hall–Kier alpha value is -0.585. The van der Waals surface area contributed by atoms with Crippen molar-refractivity contribution >= 4 is 28.4 Å². The topological polar surface area (TPSA) is 34.6 Å². The number of piperidine rings is 1. The molecular weight excluding hydrogens is 283 g/mol. The molecular formula is C15H25BN2O2S. The monoisotopic (exact) mass is 320 g/mol. The molecule has 6 heteroatoms. The fourth-order valence-corrected chi connectivity index (χ4v) is 2.65. The number of anilines is 1. The molecule has 0 aromatic carbocycles. The number of nitrogens with zero attached hydrogens (tertiary/aromatic N) is 2. The summed E-state index contributed by atoms with van der Waals surface area (Å²) in [6, 6.07) is 0. The molecule has 2 fully saturated rings. The largest absolute Gasteiger partial charge is 0.507 e. The summed E-state index contributed by atoms with van der Waals surface area (Å²) in [6.45, 7) is -3.40. The number of hydrogen-bond acceptors (Lipinski definition) is 5. The third kappa shape index (κ3) is 2.85. The van der Waals surface area contributed by atoms with Crippen molar-refractivity contribution in [2.75, 3.05) is 17.9 Å². The van der Waals surface area contributed by atoms with Crippen LogP contribution >= 0.6 is 11.3 Å². The number of aromatic nitrogens is 1. The summed E-state index contributed by atoms with van der Waals surface area (Å²) < 4.78 is 110. The SMILES string of the molecule is [2H]C([2H])([2H])C1([2H])C([2H])([2H])N(c2ncc(B3OC(C)(C)C(C)(C)O3)s2)C([2H])([2H])C([2H])([2H])C1([2H])[2H]. The quantitative estimate of drug-likeness (QED) is 0.785. The minimum Gasteiger partial charge on any atom is -0.399 e. The first-order valence-electron chi connectivity index (χ1n) is 12.5. The van der Waals surface area contributed by atoms with E-state index in [0.29, 0.717) is 11.3 Å². The van der Waals surface area contributed by atoms with Gasteiger partial charge in [-0.1, -0.05) is 6.85 Å². The van der Waals surface area contributed by atoms with Crippen LogP contribution in [0.1, 0.15) is 63.7 Å². The van der Waals surface area contributed by atoms with Crippen molar-refractivity contribution in [2.45, 2.75) is 58.5 Å². The summed E-state index contributed by atoms with van der Waals surface area (Å²) >= 11 is 0.684. The van der Waals surface area contributed by atoms with Gasteiger partial charge in [-0.15, -0.1) is 11.3 Å². The van der Waals surface area contributed by atoms with Gasteiger partial charge in [0.25, 0.3) is 0 Å². The fourth-order valence-electron chi connectivity index (χ4n) is 1.86. The van der Waals surface area contributed by atoms with E-state index in [-0.39, 0.29) is 9.68 Å². The Morgan fingerprint density at radius 1 is 1.48 bits per heavy atom. The molecule has 3 rings (SSSR count). The van der Waals surface area contributed by atoms with Gasteiger partial charge in [-0.05, 0) is 46.3 Å². The lowest BCUT2D eigenvalue weighted by Gasteiger charge is -2.32. The van der Waals surface area contributed by atoms with Gasteiger partial charge in [-0.3, -0.25) is 0 Å². The van der Waals surface area contributed by atoms with Crippen LogP contribution < -0.4 is 9.68 Å². The summed E-state index contributed by atoms with van der Waals surface area (Å²) in [5, 5.41) is -0.477. The second-order valence-electron chi connectivity index (χ2n) is 5.82. The highest BCUT2D eigenvalue weighted by Gasteiger charge is 2.52. The summed E-state index contributed by atoms with van der Waals surface area (Å²) in [5.41, 5.74) is -1.44. The molecule has 0 aliphatic carbocycles. The zero-order chi connectivity index (χ0) is 25.8. The second-order valence-corrected chi connectivity index (χ2v) is 6.86. The van der Waals surface area contributed by atoms with Gasteiger partial charge in [0, 0.05) is 35.6 Å². The Bertz CT molecular complexity index is 934. The molecule has 0 amide bonds. The number of hydrogen-bond donors (Lipinski definition) is 0. The molecule has 0 N–H and O–H groups in total. The van der Waals surface area contributed by atoms with Crippen LogP contribution in [0.3, 0.4) is 0 Å². The average molecular weight is 320 g/mol. The minimum absolute atomic E-state index is 0.125. The molecule has 0 saturated carbocycles. The van der Waals surface area contributed by atoms with E-state index in [1.54, 1.807) is 27.7 Å². The van der Waals surface area contributed by atoms with Crippen LogP contribution in [-0.4, -0.2) is 36.3 Å². The maximum absolute atomic E-state index is 8.47. The third-order valence-corrected chi connectivity index (χ3v) is 4.77. The lowest BCUT2D eigenvalue weighted by atomic mass is 9.89. The van der Waals surface area contributed by atoms with Gasteiger partial charge in [0.2, 0.25) is 0 Å². The van der Waals surface area contributed by atoms with Crippen LogP contribution in [0.2, 0.25) is 0 Å². The normalized spacial score (nSPS) is 50.3. The molecule has 1 aromatic heterocycles. The molecule has 2 saturated heterocycles. The molecule has 21 heavy (non-hydrogen) atoms. The average Bonchev–Trinajstić information content (AvgIpc) is 3.13. The van der Waals surface area contributed by atoms with Crippen LogP contribution in [0, 0.1) is 5.89 Å². The zero-order valence-corrected chi connectivity index (χ0v) is 13.1. The van der Waals surface area contributed by atoms with Crippen LogP contribution in [0.15, 0.2) is 6.20 Å². The Labute approximate surface area is 148 Å². The summed E-state index contributed by atoms with van der Waals surface area (Å²) in [6.07, 6.45) is -6.15. The van der Waals surface area contributed by atoms with E-state index >= 15 is 0 Å². The molecule has 1 aromatic rings. The van der Waals surface area contributed by atoms with E-state index in [2.05, 4.69) is 4.98 Å². The van der Waals surface area contributed by atoms with Gasteiger partial charge in [-0.25, -0.2) is 4.98 Å². The van der Waals surface area contributed by atoms with Crippen LogP contribution in [0.4, 0.5) is 5.13 Å². The standard InChI is InChI=1S/C15H25BN2O2S/c1-11-7-6-8-18(10-11)13-17-9-12(21-13)16-19-14(2,3)15(4,5)20-16/h9,11H,6-8,10H2,1-5H3/i1D3,6D2,7D2,8D2,10D2,11D. The van der Waals surface area contributed by atoms with Crippen molar-refractivity contribution in [1.29, 1.82) is 0 Å². The first kappa shape index (κ1) is 6.50. The third-order valence-electron chi connectivity index (χ3n) is 3.77. The van der Waals surface area contributed by atoms with Crippen molar-refractivity contribution in [2.24, 2.45) is 5.89 Å². The highest BCUT2D eigenvalue weighted by Crippen LogP contribution is 2.37. The molecule has 4 nitrogen and oxygen atoms in total. The van der Waals surface area contributed by atoms with Crippen LogP contribution in [0.5, 0.6) is 0 Å². The Morgan fingerprint density at radius 3 is 2.86 bits per heavy atom. The van der Waals surface area contributed by atoms with E-state index < -0.39 is 61.9 Å². The Balaban J connectivity index is 2.17. The van der Waals surface area contributed by atoms with Crippen molar-refractivity contribution in [3.8, 4) is 0 Å². The molecule has 1 unspecified atom stereocenters. The van der Waals surface area contributed by atoms with Gasteiger partial charge in [0.15, 0.2) is 5.13 Å². The highest BCUT2D eigenvalue weighted by molar-refractivity contribution is 7.25. The van der Waals surface area contributed by atoms with Crippen LogP contribution in [-0.2, 0) is 9.31 Å². The number of rotatable bonds is 2. The van der Waals surface area contributed by atoms with Gasteiger partial charge in [-0.2, -0.15) is 0 Å². The lowest BCUT2D eigenvalue weighted by molar-refractivity contribution is 0.00578. The van der Waals surface area contributed by atoms with Gasteiger partial charge >= 0.3 is 7.12 Å². The smallest absolute Gasteiger partial charge is 0.399 e. The lowest BCUT2D eigenvalue weighted by Crippen LogP contribution is -2.41. The maximum Gasteiger partial charge on any atom is 0.507 e. The van der Waals surface area contributed by atoms with Gasteiger partial charge < -0.3 is 14.2 Å². The van der Waals surface area contributed by atoms with E-state index in [1.807, 2.05) is 0 Å². The van der Waals surface area contributed by atoms with Crippen molar-refractivity contribution in [3.05, 3.63) is 6.20 Å². The van der Waals surface area contributed by atoms with E-state index in [9.17, 15) is 0 Å². The van der Waals surface area contributed by atoms with E-state index in [1.165, 1.54) is 6.20 Å². The van der Waals surface area contributed by atoms with E-state index in [0.717, 1.165) is 0 Å². The molecule has 2 aliphatic rings. The Kier molecular flexibility index (Phi) is 1.62. The summed E-state index contributed by atoms with van der Waals surface area (Å²) in [4.78, 5) is 4.11. The highest BCUT2D eigenvalue weighted by atomic mass is 32.1. The second kappa shape index (κ2) is 5.25. The maximum atomic E-state index is 8.47. The fraction of sp³-hybridized carbons (Fsp3) is 0.800. The molecule has 1 atom stereocenters. The predicted octanol–water partition coefficient (Wildman–Crippen LogP) is 2.68. The predicted molar refractivity (Wildman–Crippen MR) is 88.4 cm³/mol. The first-order valence-corrected chi connectivity index (χ1v) is 7.33. The molecule has 3 heterocycles. The van der Waals surface area contributed by atoms with Gasteiger partial charge in [0.05, 0.1) is 16.0 Å². The summed E-state index contributed by atoms with van der Waals surface area (Å²) in [7, 11) is -0.950. The molecule has 0 radical (unpaired) electrons. The minimum atomic E-state index is -3.75. The molecule has 2 aliphatic heterocycles. The number of thiazole rings is 1. The molecule has 116 valence electrons. The van der Waals surface area contributed by atoms with Gasteiger partial charge in [0.1, 0.15) is 0 Å². The first-order chi connectivity index (χ1) is 14.4. The summed E-state index contributed by atoms with van der Waals surface area (Å²) in [5.74, 6) is -3.71.